The third kappa shape index (κ3) is 4.39. The number of rotatable bonds is 4. The maximum Gasteiger partial charge on any atom is 0.391 e. The van der Waals surface area contributed by atoms with E-state index in [4.69, 9.17) is 11.6 Å². The van der Waals surface area contributed by atoms with Crippen molar-refractivity contribution in [2.24, 2.45) is 11.8 Å². The minimum atomic E-state index is -4.09. The molecule has 27 heavy (non-hydrogen) atoms. The van der Waals surface area contributed by atoms with Crippen LogP contribution in [0.15, 0.2) is 36.4 Å². The molecule has 0 spiro atoms. The van der Waals surface area contributed by atoms with Crippen molar-refractivity contribution in [1.82, 2.24) is 0 Å². The van der Waals surface area contributed by atoms with E-state index in [9.17, 15) is 13.2 Å². The van der Waals surface area contributed by atoms with Crippen LogP contribution in [0.1, 0.15) is 18.4 Å². The lowest BCUT2D eigenvalue weighted by Crippen LogP contribution is -2.39. The summed E-state index contributed by atoms with van der Waals surface area (Å²) in [6, 6.07) is 11.3. The zero-order valence-electron chi connectivity index (χ0n) is 15.1. The number of nitrogens with zero attached hydrogens (tertiary/aromatic N) is 1. The maximum absolute atomic E-state index is 12.8. The van der Waals surface area contributed by atoms with E-state index in [0.29, 0.717) is 24.5 Å². The summed E-state index contributed by atoms with van der Waals surface area (Å²) in [7, 11) is 0. The SMILES string of the molecule is Cc1cc(N2CCC(C(F)(F)F)CC2)ccc1Nc1ccc(N)c(NN)c1. The molecule has 1 heterocycles. The summed E-state index contributed by atoms with van der Waals surface area (Å²) < 4.78 is 38.5. The summed E-state index contributed by atoms with van der Waals surface area (Å²) in [5.41, 5.74) is 13.2. The van der Waals surface area contributed by atoms with Gasteiger partial charge in [-0.05, 0) is 61.7 Å². The number of piperidine rings is 1. The zero-order valence-corrected chi connectivity index (χ0v) is 15.1. The van der Waals surface area contributed by atoms with E-state index in [0.717, 1.165) is 22.6 Å². The third-order valence-corrected chi connectivity index (χ3v) is 5.02. The molecule has 0 saturated carbocycles. The molecular formula is C19H24F3N5. The Bertz CT molecular complexity index is 798. The molecule has 2 aromatic carbocycles. The van der Waals surface area contributed by atoms with Crippen LogP contribution >= 0.6 is 0 Å². The number of benzene rings is 2. The number of nitrogens with one attached hydrogen (secondary N) is 2. The van der Waals surface area contributed by atoms with Crippen molar-refractivity contribution >= 4 is 28.4 Å². The second kappa shape index (κ2) is 7.56. The van der Waals surface area contributed by atoms with Gasteiger partial charge in [0.25, 0.3) is 0 Å². The van der Waals surface area contributed by atoms with Crippen molar-refractivity contribution in [3.05, 3.63) is 42.0 Å². The first-order valence-corrected chi connectivity index (χ1v) is 8.83. The van der Waals surface area contributed by atoms with Crippen molar-refractivity contribution in [2.45, 2.75) is 25.9 Å². The molecule has 146 valence electrons. The van der Waals surface area contributed by atoms with E-state index in [1.54, 1.807) is 6.07 Å². The average Bonchev–Trinajstić information content (AvgIpc) is 2.64. The van der Waals surface area contributed by atoms with Crippen LogP contribution in [0.3, 0.4) is 0 Å². The Labute approximate surface area is 156 Å². The molecule has 8 heteroatoms. The molecule has 0 radical (unpaired) electrons. The molecule has 5 nitrogen and oxygen atoms in total. The fourth-order valence-corrected chi connectivity index (χ4v) is 3.36. The summed E-state index contributed by atoms with van der Waals surface area (Å²) in [5, 5.41) is 3.31. The van der Waals surface area contributed by atoms with Crippen molar-refractivity contribution in [3.8, 4) is 0 Å². The zero-order chi connectivity index (χ0) is 19.6. The monoisotopic (exact) mass is 379 g/mol. The van der Waals surface area contributed by atoms with Crippen LogP contribution in [0.4, 0.5) is 41.6 Å². The molecule has 0 unspecified atom stereocenters. The van der Waals surface area contributed by atoms with E-state index in [1.807, 2.05) is 42.2 Å². The minimum Gasteiger partial charge on any atom is -0.397 e. The van der Waals surface area contributed by atoms with E-state index < -0.39 is 12.1 Å². The predicted octanol–water partition coefficient (Wildman–Crippen LogP) is 4.39. The molecule has 2 aromatic rings. The Hall–Kier alpha value is -2.61. The normalized spacial score (nSPS) is 15.7. The van der Waals surface area contributed by atoms with Gasteiger partial charge in [0.15, 0.2) is 0 Å². The number of hydrogen-bond donors (Lipinski definition) is 4. The van der Waals surface area contributed by atoms with Crippen molar-refractivity contribution in [2.75, 3.05) is 34.5 Å². The van der Waals surface area contributed by atoms with Gasteiger partial charge in [-0.2, -0.15) is 13.2 Å². The summed E-state index contributed by atoms with van der Waals surface area (Å²) in [6.45, 7) is 2.80. The van der Waals surface area contributed by atoms with Crippen LogP contribution in [0, 0.1) is 12.8 Å². The molecule has 1 saturated heterocycles. The number of nitrogen functional groups attached to an aromatic ring is 2. The Balaban J connectivity index is 1.69. The number of hydrogen-bond acceptors (Lipinski definition) is 5. The summed E-state index contributed by atoms with van der Waals surface area (Å²) in [6.07, 6.45) is -3.81. The van der Waals surface area contributed by atoms with Gasteiger partial charge >= 0.3 is 6.18 Å². The molecule has 0 atom stereocenters. The number of hydrazine groups is 1. The lowest BCUT2D eigenvalue weighted by atomic mass is 9.96. The number of aryl methyl sites for hydroxylation is 1. The summed E-state index contributed by atoms with van der Waals surface area (Å²) in [4.78, 5) is 2.01. The molecule has 0 aliphatic carbocycles. The van der Waals surface area contributed by atoms with Gasteiger partial charge < -0.3 is 21.4 Å². The van der Waals surface area contributed by atoms with E-state index in [2.05, 4.69) is 10.7 Å². The average molecular weight is 379 g/mol. The van der Waals surface area contributed by atoms with Crippen molar-refractivity contribution < 1.29 is 13.2 Å². The fraction of sp³-hybridized carbons (Fsp3) is 0.368. The molecule has 0 amide bonds. The van der Waals surface area contributed by atoms with Gasteiger partial charge in [0.05, 0.1) is 17.3 Å². The number of nitrogens with two attached hydrogens (primary N) is 2. The lowest BCUT2D eigenvalue weighted by Gasteiger charge is -2.34. The quantitative estimate of drug-likeness (QED) is 0.360. The highest BCUT2D eigenvalue weighted by atomic mass is 19.4. The Morgan fingerprint density at radius 2 is 1.74 bits per heavy atom. The maximum atomic E-state index is 12.8. The van der Waals surface area contributed by atoms with Crippen LogP contribution in [-0.4, -0.2) is 19.3 Å². The van der Waals surface area contributed by atoms with Crippen molar-refractivity contribution in [1.29, 1.82) is 0 Å². The van der Waals surface area contributed by atoms with Crippen LogP contribution in [0.2, 0.25) is 0 Å². The minimum absolute atomic E-state index is 0.142. The fourth-order valence-electron chi connectivity index (χ4n) is 3.36. The standard InChI is InChI=1S/C19H24F3N5/c1-12-10-15(27-8-6-13(7-9-27)19(20,21)22)3-5-17(12)25-14-2-4-16(23)18(11-14)26-24/h2-5,10-11,13,25-26H,6-9,23-24H2,1H3. The molecule has 0 bridgehead atoms. The number of halogens is 3. The largest absolute Gasteiger partial charge is 0.397 e. The second-order valence-corrected chi connectivity index (χ2v) is 6.87. The number of anilines is 5. The number of alkyl halides is 3. The summed E-state index contributed by atoms with van der Waals surface area (Å²) >= 11 is 0. The molecular weight excluding hydrogens is 355 g/mol. The molecule has 3 rings (SSSR count). The highest BCUT2D eigenvalue weighted by Crippen LogP contribution is 2.36. The summed E-state index contributed by atoms with van der Waals surface area (Å²) in [5.74, 6) is 4.26. The molecule has 1 aliphatic heterocycles. The van der Waals surface area contributed by atoms with E-state index in [-0.39, 0.29) is 12.8 Å². The Morgan fingerprint density at radius 1 is 1.04 bits per heavy atom. The molecule has 0 aromatic heterocycles. The smallest absolute Gasteiger partial charge is 0.391 e. The lowest BCUT2D eigenvalue weighted by molar-refractivity contribution is -0.179. The first-order valence-electron chi connectivity index (χ1n) is 8.83. The highest BCUT2D eigenvalue weighted by Gasteiger charge is 2.41. The van der Waals surface area contributed by atoms with Gasteiger partial charge in [0.2, 0.25) is 0 Å². The Kier molecular flexibility index (Phi) is 5.36. The first-order chi connectivity index (χ1) is 12.8. The highest BCUT2D eigenvalue weighted by molar-refractivity contribution is 5.75. The van der Waals surface area contributed by atoms with Crippen LogP contribution in [-0.2, 0) is 0 Å². The Morgan fingerprint density at radius 3 is 2.33 bits per heavy atom. The van der Waals surface area contributed by atoms with Gasteiger partial charge in [-0.3, -0.25) is 5.84 Å². The third-order valence-electron chi connectivity index (χ3n) is 5.02. The van der Waals surface area contributed by atoms with Crippen LogP contribution < -0.4 is 27.2 Å². The first kappa shape index (κ1) is 19.2. The van der Waals surface area contributed by atoms with E-state index in [1.165, 1.54) is 0 Å². The predicted molar refractivity (Wildman–Crippen MR) is 104 cm³/mol. The van der Waals surface area contributed by atoms with Crippen LogP contribution in [0.25, 0.3) is 0 Å². The van der Waals surface area contributed by atoms with Gasteiger partial charge in [-0.15, -0.1) is 0 Å². The van der Waals surface area contributed by atoms with Crippen molar-refractivity contribution in [3.63, 3.8) is 0 Å². The van der Waals surface area contributed by atoms with Crippen LogP contribution in [0.5, 0.6) is 0 Å². The van der Waals surface area contributed by atoms with Gasteiger partial charge in [0, 0.05) is 30.2 Å². The van der Waals surface area contributed by atoms with Gasteiger partial charge in [-0.25, -0.2) is 0 Å². The second-order valence-electron chi connectivity index (χ2n) is 6.87. The van der Waals surface area contributed by atoms with E-state index >= 15 is 0 Å². The molecule has 1 aliphatic rings. The molecule has 1 fully saturated rings. The topological polar surface area (TPSA) is 79.3 Å². The van der Waals surface area contributed by atoms with Gasteiger partial charge in [0.1, 0.15) is 0 Å². The molecule has 6 N–H and O–H groups in total. The van der Waals surface area contributed by atoms with Gasteiger partial charge in [-0.1, -0.05) is 0 Å².